The molecule has 0 spiro atoms. The number of nitrogens with zero attached hydrogens (tertiary/aromatic N) is 2. The van der Waals surface area contributed by atoms with Crippen molar-refractivity contribution in [2.75, 3.05) is 11.5 Å². The van der Waals surface area contributed by atoms with Crippen LogP contribution in [0.2, 0.25) is 0 Å². The minimum Gasteiger partial charge on any atom is -0.454 e. The number of carbonyl (C=O) groups excluding carboxylic acids is 4. The molecule has 0 aromatic heterocycles. The molecular formula is C24H18N2O7. The fraction of sp³-hybridized carbons (Fsp3) is 0.250. The molecule has 2 fully saturated rings. The van der Waals surface area contributed by atoms with Crippen LogP contribution in [0.3, 0.4) is 0 Å². The van der Waals surface area contributed by atoms with E-state index in [9.17, 15) is 29.3 Å². The molecule has 0 radical (unpaired) electrons. The van der Waals surface area contributed by atoms with Gasteiger partial charge in [0, 0.05) is 17.7 Å². The summed E-state index contributed by atoms with van der Waals surface area (Å²) < 4.78 is 5.08. The number of non-ortho nitro benzene ring substituents is 1. The number of ketones is 1. The number of allylic oxidation sites excluding steroid dienone is 2. The summed E-state index contributed by atoms with van der Waals surface area (Å²) in [5.41, 5.74) is 0.179. The van der Waals surface area contributed by atoms with E-state index in [0.29, 0.717) is 5.69 Å². The lowest BCUT2D eigenvalue weighted by molar-refractivity contribution is -0.384. The minimum atomic E-state index is -0.809. The number of rotatable bonds is 6. The zero-order chi connectivity index (χ0) is 23.3. The quantitative estimate of drug-likeness (QED) is 0.167. The minimum absolute atomic E-state index is 0.0498. The van der Waals surface area contributed by atoms with Crippen molar-refractivity contribution >= 4 is 34.9 Å². The van der Waals surface area contributed by atoms with Crippen molar-refractivity contribution in [3.8, 4) is 0 Å². The van der Waals surface area contributed by atoms with Gasteiger partial charge in [-0.25, -0.2) is 9.69 Å². The molecule has 4 atom stereocenters. The zero-order valence-corrected chi connectivity index (χ0v) is 17.2. The van der Waals surface area contributed by atoms with Gasteiger partial charge in [0.25, 0.3) is 5.69 Å². The molecule has 9 heteroatoms. The molecule has 2 bridgehead atoms. The van der Waals surface area contributed by atoms with Crippen LogP contribution in [0, 0.1) is 33.8 Å². The van der Waals surface area contributed by atoms with E-state index in [2.05, 4.69) is 0 Å². The number of nitro groups is 1. The first-order chi connectivity index (χ1) is 15.8. The van der Waals surface area contributed by atoms with Gasteiger partial charge in [0.2, 0.25) is 17.6 Å². The van der Waals surface area contributed by atoms with Gasteiger partial charge in [-0.15, -0.1) is 0 Å². The Morgan fingerprint density at radius 2 is 1.61 bits per heavy atom. The summed E-state index contributed by atoms with van der Waals surface area (Å²) in [5, 5.41) is 10.9. The molecule has 2 aliphatic carbocycles. The van der Waals surface area contributed by atoms with Crippen LogP contribution < -0.4 is 4.90 Å². The molecule has 9 nitrogen and oxygen atoms in total. The summed E-state index contributed by atoms with van der Waals surface area (Å²) in [4.78, 5) is 62.2. The van der Waals surface area contributed by atoms with Crippen LogP contribution in [0.1, 0.15) is 27.1 Å². The Morgan fingerprint density at radius 1 is 0.970 bits per heavy atom. The average Bonchev–Trinajstić information content (AvgIpc) is 3.51. The molecule has 2 aromatic rings. The van der Waals surface area contributed by atoms with Crippen molar-refractivity contribution in [1.29, 1.82) is 0 Å². The van der Waals surface area contributed by atoms with Gasteiger partial charge in [-0.2, -0.15) is 0 Å². The molecule has 166 valence electrons. The maximum absolute atomic E-state index is 13.0. The monoisotopic (exact) mass is 446 g/mol. The molecule has 1 heterocycles. The van der Waals surface area contributed by atoms with Gasteiger partial charge in [-0.05, 0) is 36.5 Å². The van der Waals surface area contributed by atoms with Gasteiger partial charge < -0.3 is 4.74 Å². The van der Waals surface area contributed by atoms with Gasteiger partial charge in [0.05, 0.1) is 28.0 Å². The average molecular weight is 446 g/mol. The molecule has 5 rings (SSSR count). The highest BCUT2D eigenvalue weighted by atomic mass is 16.6. The van der Waals surface area contributed by atoms with Gasteiger partial charge in [0.15, 0.2) is 6.61 Å². The number of esters is 1. The van der Waals surface area contributed by atoms with E-state index in [1.165, 1.54) is 36.4 Å². The number of anilines is 1. The molecule has 1 saturated carbocycles. The standard InChI is InChI=1S/C24H18N2O7/c27-19(13-3-1-6-18(10-13)26(31)32)12-33-24(30)16-4-2-5-17(11-16)25-22(28)20-14-7-8-15(9-14)21(20)23(25)29/h1-8,10-11,14-15,20-21H,9,12H2/t14-,15-,20-,21-/m0/s1. The highest BCUT2D eigenvalue weighted by Crippen LogP contribution is 2.53. The topological polar surface area (TPSA) is 124 Å². The molecule has 1 aliphatic heterocycles. The number of nitro benzene ring substituents is 1. The predicted molar refractivity (Wildman–Crippen MR) is 114 cm³/mol. The van der Waals surface area contributed by atoms with E-state index in [1.807, 2.05) is 12.2 Å². The summed E-state index contributed by atoms with van der Waals surface area (Å²) in [7, 11) is 0. The first kappa shape index (κ1) is 20.7. The van der Waals surface area contributed by atoms with Crippen molar-refractivity contribution in [3.63, 3.8) is 0 Å². The van der Waals surface area contributed by atoms with Crippen molar-refractivity contribution in [2.24, 2.45) is 23.7 Å². The van der Waals surface area contributed by atoms with Gasteiger partial charge in [-0.1, -0.05) is 30.4 Å². The van der Waals surface area contributed by atoms with Crippen LogP contribution in [0.25, 0.3) is 0 Å². The third-order valence-corrected chi connectivity index (χ3v) is 6.52. The highest BCUT2D eigenvalue weighted by molar-refractivity contribution is 6.23. The second kappa shape index (κ2) is 7.77. The van der Waals surface area contributed by atoms with Crippen LogP contribution in [0.5, 0.6) is 0 Å². The summed E-state index contributed by atoms with van der Waals surface area (Å²) in [6.07, 6.45) is 4.84. The number of fused-ring (bicyclic) bond motifs is 5. The maximum Gasteiger partial charge on any atom is 0.338 e. The zero-order valence-electron chi connectivity index (χ0n) is 17.2. The van der Waals surface area contributed by atoms with Crippen molar-refractivity contribution < 1.29 is 28.8 Å². The third-order valence-electron chi connectivity index (χ3n) is 6.52. The third kappa shape index (κ3) is 3.42. The fourth-order valence-corrected chi connectivity index (χ4v) is 5.02. The lowest BCUT2D eigenvalue weighted by Gasteiger charge is -2.18. The van der Waals surface area contributed by atoms with E-state index in [-0.39, 0.29) is 52.3 Å². The van der Waals surface area contributed by atoms with E-state index < -0.39 is 23.3 Å². The number of amides is 2. The second-order valence-electron chi connectivity index (χ2n) is 8.37. The Bertz CT molecular complexity index is 1220. The molecule has 33 heavy (non-hydrogen) atoms. The molecule has 3 aliphatic rings. The Hall–Kier alpha value is -4.14. The second-order valence-corrected chi connectivity index (χ2v) is 8.37. The summed E-state index contributed by atoms with van der Waals surface area (Å²) >= 11 is 0. The fourth-order valence-electron chi connectivity index (χ4n) is 5.02. The van der Waals surface area contributed by atoms with E-state index in [0.717, 1.165) is 17.4 Å². The number of hydrogen-bond donors (Lipinski definition) is 0. The number of benzene rings is 2. The van der Waals surface area contributed by atoms with E-state index in [1.54, 1.807) is 6.07 Å². The smallest absolute Gasteiger partial charge is 0.338 e. The Balaban J connectivity index is 1.29. The highest BCUT2D eigenvalue weighted by Gasteiger charge is 2.59. The van der Waals surface area contributed by atoms with Crippen molar-refractivity contribution in [3.05, 3.63) is 81.9 Å². The maximum atomic E-state index is 13.0. The summed E-state index contributed by atoms with van der Waals surface area (Å²) in [5.74, 6) is -2.46. The molecule has 1 saturated heterocycles. The lowest BCUT2D eigenvalue weighted by atomic mass is 9.85. The number of Topliss-reactive ketones (excluding diaryl/α,β-unsaturated/α-hetero) is 1. The molecule has 0 unspecified atom stereocenters. The first-order valence-electron chi connectivity index (χ1n) is 10.5. The number of hydrogen-bond acceptors (Lipinski definition) is 7. The molecule has 0 N–H and O–H groups in total. The normalized spacial score (nSPS) is 24.8. The SMILES string of the molecule is O=C(COC(=O)c1cccc(N2C(=O)[C@@H]3[C@@H](C2=O)[C@H]2C=C[C@H]3C2)c1)c1cccc([N+](=O)[O-])c1. The van der Waals surface area contributed by atoms with E-state index >= 15 is 0 Å². The van der Waals surface area contributed by atoms with E-state index in [4.69, 9.17) is 4.74 Å². The Kier molecular flexibility index (Phi) is 4.88. The van der Waals surface area contributed by atoms with Crippen LogP contribution >= 0.6 is 0 Å². The van der Waals surface area contributed by atoms with Gasteiger partial charge in [-0.3, -0.25) is 24.5 Å². The first-order valence-corrected chi connectivity index (χ1v) is 10.5. The summed E-state index contributed by atoms with van der Waals surface area (Å²) in [6, 6.07) is 11.1. The molecular weight excluding hydrogens is 428 g/mol. The van der Waals surface area contributed by atoms with Crippen LogP contribution in [0.15, 0.2) is 60.7 Å². The van der Waals surface area contributed by atoms with Crippen molar-refractivity contribution in [2.45, 2.75) is 6.42 Å². The van der Waals surface area contributed by atoms with Crippen LogP contribution in [-0.4, -0.2) is 35.1 Å². The van der Waals surface area contributed by atoms with Crippen molar-refractivity contribution in [1.82, 2.24) is 0 Å². The summed E-state index contributed by atoms with van der Waals surface area (Å²) in [6.45, 7) is -0.606. The largest absolute Gasteiger partial charge is 0.454 e. The number of ether oxygens (including phenoxy) is 1. The number of carbonyl (C=O) groups is 4. The number of imide groups is 1. The predicted octanol–water partition coefficient (Wildman–Crippen LogP) is 2.95. The Labute approximate surface area is 187 Å². The Morgan fingerprint density at radius 3 is 2.27 bits per heavy atom. The van der Waals surface area contributed by atoms with Gasteiger partial charge in [0.1, 0.15) is 0 Å². The molecule has 2 aromatic carbocycles. The lowest BCUT2D eigenvalue weighted by Crippen LogP contribution is -2.33. The molecule has 2 amide bonds. The van der Waals surface area contributed by atoms with Crippen LogP contribution in [-0.2, 0) is 14.3 Å². The van der Waals surface area contributed by atoms with Crippen LogP contribution in [0.4, 0.5) is 11.4 Å². The van der Waals surface area contributed by atoms with Gasteiger partial charge >= 0.3 is 5.97 Å².